The fourth-order valence-electron chi connectivity index (χ4n) is 8.40. The number of hydrogen-bond acceptors (Lipinski definition) is 1. The van der Waals surface area contributed by atoms with Crippen LogP contribution in [0.1, 0.15) is 0 Å². The topological polar surface area (TPSA) is 22.8 Å². The molecular formula is C45H27N3. The molecule has 0 aliphatic carbocycles. The van der Waals surface area contributed by atoms with Gasteiger partial charge in [-0.3, -0.25) is 4.98 Å². The molecule has 0 saturated heterocycles. The normalized spacial score (nSPS) is 12.2. The summed E-state index contributed by atoms with van der Waals surface area (Å²) in [5.74, 6) is 0. The highest BCUT2D eigenvalue weighted by Crippen LogP contribution is 2.46. The van der Waals surface area contributed by atoms with Gasteiger partial charge in [-0.05, 0) is 74.8 Å². The fourth-order valence-corrected chi connectivity index (χ4v) is 8.40. The van der Waals surface area contributed by atoms with Crippen molar-refractivity contribution in [2.24, 2.45) is 0 Å². The minimum atomic E-state index is 1.03. The maximum absolute atomic E-state index is 5.11. The minimum absolute atomic E-state index is 1.03. The number of nitrogens with zero attached hydrogens (tertiary/aromatic N) is 3. The second kappa shape index (κ2) is 9.54. The molecule has 11 rings (SSSR count). The molecule has 0 spiro atoms. The third-order valence-corrected chi connectivity index (χ3v) is 10.3. The smallest absolute Gasteiger partial charge is 0.0811 e. The van der Waals surface area contributed by atoms with E-state index in [-0.39, 0.29) is 0 Å². The molecule has 0 fully saturated rings. The molecule has 0 N–H and O–H groups in total. The predicted octanol–water partition coefficient (Wildman–Crippen LogP) is 11.9. The van der Waals surface area contributed by atoms with Crippen molar-refractivity contribution < 1.29 is 0 Å². The van der Waals surface area contributed by atoms with E-state index in [2.05, 4.69) is 167 Å². The fraction of sp³-hybridized carbons (Fsp3) is 0. The van der Waals surface area contributed by atoms with Gasteiger partial charge in [0.2, 0.25) is 0 Å². The first-order valence-corrected chi connectivity index (χ1v) is 16.5. The Morgan fingerprint density at radius 3 is 1.48 bits per heavy atom. The molecule has 0 atom stereocenters. The van der Waals surface area contributed by atoms with Crippen LogP contribution in [-0.2, 0) is 0 Å². The summed E-state index contributed by atoms with van der Waals surface area (Å²) in [5.41, 5.74) is 8.02. The molecule has 3 heterocycles. The Bertz CT molecular complexity index is 3070. The molecule has 11 aromatic rings. The summed E-state index contributed by atoms with van der Waals surface area (Å²) >= 11 is 0. The summed E-state index contributed by atoms with van der Waals surface area (Å²) < 4.78 is 4.95. The molecule has 0 unspecified atom stereocenters. The second-order valence-electron chi connectivity index (χ2n) is 12.7. The van der Waals surface area contributed by atoms with Crippen molar-refractivity contribution in [1.29, 1.82) is 0 Å². The summed E-state index contributed by atoms with van der Waals surface area (Å²) in [5, 5.41) is 13.6. The van der Waals surface area contributed by atoms with E-state index >= 15 is 0 Å². The molecule has 3 nitrogen and oxygen atoms in total. The molecule has 0 radical (unpaired) electrons. The van der Waals surface area contributed by atoms with E-state index in [0.717, 1.165) is 16.9 Å². The van der Waals surface area contributed by atoms with Gasteiger partial charge in [0.25, 0.3) is 0 Å². The van der Waals surface area contributed by atoms with E-state index in [9.17, 15) is 0 Å². The first-order chi connectivity index (χ1) is 23.9. The van der Waals surface area contributed by atoms with Crippen LogP contribution in [0.3, 0.4) is 0 Å². The minimum Gasteiger partial charge on any atom is -0.307 e. The average molecular weight is 610 g/mol. The highest BCUT2D eigenvalue weighted by Gasteiger charge is 2.25. The molecule has 3 heteroatoms. The maximum atomic E-state index is 5.11. The van der Waals surface area contributed by atoms with E-state index in [0.29, 0.717) is 0 Å². The van der Waals surface area contributed by atoms with Crippen LogP contribution in [0.25, 0.3) is 98.2 Å². The lowest BCUT2D eigenvalue weighted by Gasteiger charge is -2.15. The van der Waals surface area contributed by atoms with E-state index in [1.165, 1.54) is 81.3 Å². The molecule has 0 aliphatic rings. The second-order valence-corrected chi connectivity index (χ2v) is 12.7. The molecule has 222 valence electrons. The van der Waals surface area contributed by atoms with Gasteiger partial charge in [0.15, 0.2) is 0 Å². The average Bonchev–Trinajstić information content (AvgIpc) is 3.69. The molecule has 8 aromatic carbocycles. The van der Waals surface area contributed by atoms with E-state index in [4.69, 9.17) is 4.98 Å². The molecule has 3 aromatic heterocycles. The van der Waals surface area contributed by atoms with Crippen LogP contribution < -0.4 is 0 Å². The molecule has 0 bridgehead atoms. The van der Waals surface area contributed by atoms with Crippen LogP contribution in [0, 0.1) is 0 Å². The number of hydrogen-bond donors (Lipinski definition) is 0. The monoisotopic (exact) mass is 609 g/mol. The van der Waals surface area contributed by atoms with Crippen molar-refractivity contribution in [2.45, 2.75) is 0 Å². The van der Waals surface area contributed by atoms with Crippen LogP contribution in [-0.4, -0.2) is 14.1 Å². The molecular weight excluding hydrogens is 583 g/mol. The largest absolute Gasteiger partial charge is 0.307 e. The standard InChI is InChI=1S/C45H27N3/c1-2-13-28(14-3-1)47-39-22-10-8-19-35(39)41-37-21-12-26-46-43(37)42-36-20-9-11-23-40(36)48(45(42)44(41)47)29-24-25-34-32-17-5-4-15-30(32)31-16-6-7-18-33(31)38(34)27-29/h1-27H. The molecule has 48 heavy (non-hydrogen) atoms. The van der Waals surface area contributed by atoms with Crippen molar-refractivity contribution in [3.63, 3.8) is 0 Å². The third kappa shape index (κ3) is 3.30. The number of aromatic nitrogens is 3. The van der Waals surface area contributed by atoms with Crippen molar-refractivity contribution in [3.8, 4) is 11.4 Å². The van der Waals surface area contributed by atoms with Crippen molar-refractivity contribution >= 4 is 86.8 Å². The third-order valence-electron chi connectivity index (χ3n) is 10.3. The van der Waals surface area contributed by atoms with Gasteiger partial charge in [0.1, 0.15) is 0 Å². The van der Waals surface area contributed by atoms with Gasteiger partial charge in [-0.25, -0.2) is 0 Å². The Labute approximate surface area is 275 Å². The summed E-state index contributed by atoms with van der Waals surface area (Å²) in [6, 6.07) is 57.4. The van der Waals surface area contributed by atoms with Gasteiger partial charge in [-0.15, -0.1) is 0 Å². The summed E-state index contributed by atoms with van der Waals surface area (Å²) in [7, 11) is 0. The van der Waals surface area contributed by atoms with Crippen LogP contribution in [0.15, 0.2) is 164 Å². The lowest BCUT2D eigenvalue weighted by molar-refractivity contribution is 1.15. The number of pyridine rings is 1. The first kappa shape index (κ1) is 25.7. The molecule has 0 amide bonds. The Morgan fingerprint density at radius 2 is 0.812 bits per heavy atom. The zero-order chi connectivity index (χ0) is 31.3. The van der Waals surface area contributed by atoms with Crippen LogP contribution in [0.4, 0.5) is 0 Å². The number of fused-ring (bicyclic) bond motifs is 16. The summed E-state index contributed by atoms with van der Waals surface area (Å²) in [6.07, 6.45) is 1.93. The van der Waals surface area contributed by atoms with Gasteiger partial charge in [0, 0.05) is 44.5 Å². The highest BCUT2D eigenvalue weighted by molar-refractivity contribution is 6.36. The number of benzene rings is 8. The zero-order valence-electron chi connectivity index (χ0n) is 25.9. The lowest BCUT2D eigenvalue weighted by Crippen LogP contribution is -1.99. The van der Waals surface area contributed by atoms with E-state index < -0.39 is 0 Å². The predicted molar refractivity (Wildman–Crippen MR) is 203 cm³/mol. The van der Waals surface area contributed by atoms with Crippen LogP contribution >= 0.6 is 0 Å². The maximum Gasteiger partial charge on any atom is 0.0811 e. The molecule has 0 saturated carbocycles. The summed E-state index contributed by atoms with van der Waals surface area (Å²) in [6.45, 7) is 0. The van der Waals surface area contributed by atoms with Crippen LogP contribution in [0.2, 0.25) is 0 Å². The van der Waals surface area contributed by atoms with Gasteiger partial charge >= 0.3 is 0 Å². The van der Waals surface area contributed by atoms with E-state index in [1.54, 1.807) is 0 Å². The summed E-state index contributed by atoms with van der Waals surface area (Å²) in [4.78, 5) is 5.11. The van der Waals surface area contributed by atoms with Crippen LogP contribution in [0.5, 0.6) is 0 Å². The first-order valence-electron chi connectivity index (χ1n) is 16.5. The highest BCUT2D eigenvalue weighted by atomic mass is 15.0. The van der Waals surface area contributed by atoms with Gasteiger partial charge < -0.3 is 9.13 Å². The Kier molecular flexibility index (Phi) is 5.11. The van der Waals surface area contributed by atoms with Gasteiger partial charge in [-0.2, -0.15) is 0 Å². The lowest BCUT2D eigenvalue weighted by atomic mass is 9.94. The Morgan fingerprint density at radius 1 is 0.333 bits per heavy atom. The van der Waals surface area contributed by atoms with Crippen molar-refractivity contribution in [1.82, 2.24) is 14.1 Å². The van der Waals surface area contributed by atoms with Crippen molar-refractivity contribution in [3.05, 3.63) is 164 Å². The molecule has 0 aliphatic heterocycles. The number of rotatable bonds is 2. The quantitative estimate of drug-likeness (QED) is 0.179. The zero-order valence-corrected chi connectivity index (χ0v) is 25.9. The Hall–Kier alpha value is -6.45. The number of para-hydroxylation sites is 3. The van der Waals surface area contributed by atoms with Crippen molar-refractivity contribution in [2.75, 3.05) is 0 Å². The van der Waals surface area contributed by atoms with Gasteiger partial charge in [0.05, 0.1) is 27.6 Å². The Balaban J connectivity index is 1.41. The SMILES string of the molecule is c1ccc(-n2c3ccccc3c3c4cccnc4c4c5ccccc5n(-c5ccc6c7ccccc7c7ccccc7c6c5)c4c32)cc1. The van der Waals surface area contributed by atoms with E-state index in [1.807, 2.05) is 6.20 Å². The van der Waals surface area contributed by atoms with Gasteiger partial charge in [-0.1, -0.05) is 115 Å².